The highest BCUT2D eigenvalue weighted by Crippen LogP contribution is 2.37. The minimum atomic E-state index is -1.07. The summed E-state index contributed by atoms with van der Waals surface area (Å²) in [5.41, 5.74) is 0.661. The first kappa shape index (κ1) is 12.5. The summed E-state index contributed by atoms with van der Waals surface area (Å²) in [5.74, 6) is -1.73. The summed E-state index contributed by atoms with van der Waals surface area (Å²) < 4.78 is 1.55. The molecule has 1 aliphatic rings. The van der Waals surface area contributed by atoms with Gasteiger partial charge in [-0.1, -0.05) is 11.6 Å². The van der Waals surface area contributed by atoms with Crippen LogP contribution < -0.4 is 0 Å². The van der Waals surface area contributed by atoms with Crippen LogP contribution in [0.5, 0.6) is 0 Å². The number of carboxylic acids is 2. The number of aryl methyl sites for hydroxylation is 1. The van der Waals surface area contributed by atoms with Gasteiger partial charge in [-0.15, -0.1) is 5.10 Å². The van der Waals surface area contributed by atoms with Gasteiger partial charge in [0.2, 0.25) is 0 Å². The maximum atomic E-state index is 11.1. The zero-order valence-electron chi connectivity index (χ0n) is 9.87. The second-order valence-electron chi connectivity index (χ2n) is 4.48. The highest BCUT2D eigenvalue weighted by atomic mass is 16.4. The molecule has 7 heteroatoms. The van der Waals surface area contributed by atoms with Gasteiger partial charge in [-0.05, 0) is 19.3 Å². The summed E-state index contributed by atoms with van der Waals surface area (Å²) in [7, 11) is 0. The van der Waals surface area contributed by atoms with Crippen molar-refractivity contribution in [1.29, 1.82) is 0 Å². The predicted octanol–water partition coefficient (Wildman–Crippen LogP) is 1.11. The molecule has 18 heavy (non-hydrogen) atoms. The molecule has 1 fully saturated rings. The van der Waals surface area contributed by atoms with E-state index in [9.17, 15) is 9.59 Å². The molecular weight excluding hydrogens is 238 g/mol. The molecule has 0 unspecified atom stereocenters. The highest BCUT2D eigenvalue weighted by Gasteiger charge is 2.30. The largest absolute Gasteiger partial charge is 0.481 e. The van der Waals surface area contributed by atoms with Crippen LogP contribution in [-0.4, -0.2) is 37.1 Å². The van der Waals surface area contributed by atoms with Gasteiger partial charge in [-0.25, -0.2) is 9.48 Å². The molecule has 0 aliphatic heterocycles. The quantitative estimate of drug-likeness (QED) is 0.786. The van der Waals surface area contributed by atoms with Crippen LogP contribution in [0, 0.1) is 0 Å². The third-order valence-corrected chi connectivity index (χ3v) is 3.23. The zero-order chi connectivity index (χ0) is 13.1. The number of carbonyl (C=O) groups is 2. The standard InChI is InChI=1S/C11H15N3O4/c15-8(16)5-2-6-14-10(7-3-1-4-7)9(11(17)18)12-13-14/h7H,1-6H2,(H,15,16)(H,17,18). The average molecular weight is 253 g/mol. The topological polar surface area (TPSA) is 105 Å². The molecule has 2 rings (SSSR count). The van der Waals surface area contributed by atoms with Crippen molar-refractivity contribution in [2.75, 3.05) is 0 Å². The maximum absolute atomic E-state index is 11.1. The second-order valence-corrected chi connectivity index (χ2v) is 4.48. The summed E-state index contributed by atoms with van der Waals surface area (Å²) in [5, 5.41) is 25.1. The Kier molecular flexibility index (Phi) is 3.59. The highest BCUT2D eigenvalue weighted by molar-refractivity contribution is 5.86. The molecule has 0 atom stereocenters. The fourth-order valence-corrected chi connectivity index (χ4v) is 2.10. The van der Waals surface area contributed by atoms with Crippen molar-refractivity contribution in [3.05, 3.63) is 11.4 Å². The maximum Gasteiger partial charge on any atom is 0.358 e. The van der Waals surface area contributed by atoms with Gasteiger partial charge in [0.15, 0.2) is 5.69 Å². The van der Waals surface area contributed by atoms with E-state index in [2.05, 4.69) is 10.3 Å². The first-order chi connectivity index (χ1) is 8.59. The lowest BCUT2D eigenvalue weighted by molar-refractivity contribution is -0.137. The lowest BCUT2D eigenvalue weighted by atomic mass is 9.82. The number of rotatable bonds is 6. The summed E-state index contributed by atoms with van der Waals surface area (Å²) in [6, 6.07) is 0. The van der Waals surface area contributed by atoms with Crippen LogP contribution in [0.3, 0.4) is 0 Å². The van der Waals surface area contributed by atoms with Crippen molar-refractivity contribution in [2.45, 2.75) is 44.6 Å². The first-order valence-corrected chi connectivity index (χ1v) is 5.98. The summed E-state index contributed by atoms with van der Waals surface area (Å²) in [6.45, 7) is 0.401. The zero-order valence-corrected chi connectivity index (χ0v) is 9.87. The van der Waals surface area contributed by atoms with Gasteiger partial charge in [0.1, 0.15) is 0 Å². The van der Waals surface area contributed by atoms with E-state index in [-0.39, 0.29) is 18.0 Å². The molecule has 1 aromatic heterocycles. The van der Waals surface area contributed by atoms with Crippen molar-refractivity contribution in [2.24, 2.45) is 0 Å². The Balaban J connectivity index is 2.13. The number of nitrogens with zero attached hydrogens (tertiary/aromatic N) is 3. The average Bonchev–Trinajstić information content (AvgIpc) is 2.59. The van der Waals surface area contributed by atoms with Crippen LogP contribution in [0.15, 0.2) is 0 Å². The SMILES string of the molecule is O=C(O)CCCn1nnc(C(=O)O)c1C1CCC1. The van der Waals surface area contributed by atoms with Crippen LogP contribution in [-0.2, 0) is 11.3 Å². The van der Waals surface area contributed by atoms with E-state index < -0.39 is 11.9 Å². The Labute approximate surface area is 103 Å². The molecule has 0 radical (unpaired) electrons. The van der Waals surface area contributed by atoms with Crippen LogP contribution >= 0.6 is 0 Å². The molecule has 1 aliphatic carbocycles. The van der Waals surface area contributed by atoms with Crippen LogP contribution in [0.1, 0.15) is 54.2 Å². The summed E-state index contributed by atoms with van der Waals surface area (Å²) in [4.78, 5) is 21.5. The molecule has 0 bridgehead atoms. The number of aliphatic carboxylic acids is 1. The number of carboxylic acid groups (broad SMARTS) is 2. The Bertz CT molecular complexity index is 465. The number of hydrogen-bond donors (Lipinski definition) is 2. The minimum absolute atomic E-state index is 0.00928. The normalized spacial score (nSPS) is 15.3. The second kappa shape index (κ2) is 5.16. The predicted molar refractivity (Wildman–Crippen MR) is 60.4 cm³/mol. The van der Waals surface area contributed by atoms with Gasteiger partial charge in [0.05, 0.1) is 5.69 Å². The Morgan fingerprint density at radius 3 is 2.56 bits per heavy atom. The Morgan fingerprint density at radius 1 is 1.33 bits per heavy atom. The van der Waals surface area contributed by atoms with Crippen LogP contribution in [0.4, 0.5) is 0 Å². The van der Waals surface area contributed by atoms with Gasteiger partial charge < -0.3 is 10.2 Å². The minimum Gasteiger partial charge on any atom is -0.481 e. The lowest BCUT2D eigenvalue weighted by Gasteiger charge is -2.26. The number of aromatic nitrogens is 3. The van der Waals surface area contributed by atoms with E-state index in [1.807, 2.05) is 0 Å². The van der Waals surface area contributed by atoms with Crippen molar-refractivity contribution < 1.29 is 19.8 Å². The molecule has 0 amide bonds. The molecule has 1 saturated carbocycles. The Hall–Kier alpha value is -1.92. The fourth-order valence-electron chi connectivity index (χ4n) is 2.10. The lowest BCUT2D eigenvalue weighted by Crippen LogP contribution is -2.18. The van der Waals surface area contributed by atoms with Gasteiger partial charge in [0.25, 0.3) is 0 Å². The summed E-state index contributed by atoms with van der Waals surface area (Å²) >= 11 is 0. The van der Waals surface area contributed by atoms with E-state index in [1.165, 1.54) is 0 Å². The van der Waals surface area contributed by atoms with Gasteiger partial charge in [0, 0.05) is 18.9 Å². The number of aromatic carboxylic acids is 1. The molecule has 0 saturated heterocycles. The molecule has 7 nitrogen and oxygen atoms in total. The molecule has 0 spiro atoms. The molecule has 0 aromatic carbocycles. The van der Waals surface area contributed by atoms with Crippen molar-refractivity contribution in [3.8, 4) is 0 Å². The molecular formula is C11H15N3O4. The van der Waals surface area contributed by atoms with E-state index in [4.69, 9.17) is 10.2 Å². The fraction of sp³-hybridized carbons (Fsp3) is 0.636. The van der Waals surface area contributed by atoms with E-state index >= 15 is 0 Å². The van der Waals surface area contributed by atoms with Crippen LogP contribution in [0.25, 0.3) is 0 Å². The van der Waals surface area contributed by atoms with Gasteiger partial charge in [-0.3, -0.25) is 4.79 Å². The first-order valence-electron chi connectivity index (χ1n) is 5.98. The van der Waals surface area contributed by atoms with E-state index in [0.717, 1.165) is 19.3 Å². The van der Waals surface area contributed by atoms with Crippen molar-refractivity contribution in [1.82, 2.24) is 15.0 Å². The van der Waals surface area contributed by atoms with Gasteiger partial charge >= 0.3 is 11.9 Å². The van der Waals surface area contributed by atoms with Crippen molar-refractivity contribution in [3.63, 3.8) is 0 Å². The molecule has 1 aromatic rings. The molecule has 1 heterocycles. The molecule has 2 N–H and O–H groups in total. The third kappa shape index (κ3) is 2.49. The molecule has 98 valence electrons. The third-order valence-electron chi connectivity index (χ3n) is 3.23. The number of hydrogen-bond acceptors (Lipinski definition) is 4. The summed E-state index contributed by atoms with van der Waals surface area (Å²) in [6.07, 6.45) is 3.47. The van der Waals surface area contributed by atoms with E-state index in [1.54, 1.807) is 4.68 Å². The van der Waals surface area contributed by atoms with Crippen LogP contribution in [0.2, 0.25) is 0 Å². The monoisotopic (exact) mass is 253 g/mol. The van der Waals surface area contributed by atoms with Crippen molar-refractivity contribution >= 4 is 11.9 Å². The smallest absolute Gasteiger partial charge is 0.358 e. The Morgan fingerprint density at radius 2 is 2.06 bits per heavy atom. The van der Waals surface area contributed by atoms with Gasteiger partial charge in [-0.2, -0.15) is 0 Å². The van der Waals surface area contributed by atoms with E-state index in [0.29, 0.717) is 18.7 Å².